The summed E-state index contributed by atoms with van der Waals surface area (Å²) in [6, 6.07) is 27.4. The maximum Gasteiger partial charge on any atom is 0.268 e. The Kier molecular flexibility index (Phi) is 9.29. The molecule has 0 N–H and O–H groups in total. The summed E-state index contributed by atoms with van der Waals surface area (Å²) in [6.45, 7) is 15.2. The molecule has 0 unspecified atom stereocenters. The van der Waals surface area contributed by atoms with Gasteiger partial charge < -0.3 is 13.9 Å². The largest absolute Gasteiger partial charge is 0.510 e. The van der Waals surface area contributed by atoms with Crippen molar-refractivity contribution in [2.24, 2.45) is 0 Å². The number of hydrogen-bond acceptors (Lipinski definition) is 2. The van der Waals surface area contributed by atoms with Gasteiger partial charge in [0.1, 0.15) is 5.82 Å². The summed E-state index contributed by atoms with van der Waals surface area (Å²) < 4.78 is 194. The maximum absolute atomic E-state index is 10.9. The molecule has 0 saturated carbocycles. The van der Waals surface area contributed by atoms with Crippen LogP contribution in [0, 0.1) is 18.5 Å². The Morgan fingerprint density at radius 1 is 0.571 bits per heavy atom. The van der Waals surface area contributed by atoms with Crippen LogP contribution in [0.1, 0.15) is 97.6 Å². The van der Waals surface area contributed by atoms with E-state index in [4.69, 9.17) is 13.8 Å². The number of benzene rings is 10. The Morgan fingerprint density at radius 2 is 1.19 bits per heavy atom. The molecule has 10 aromatic carbocycles. The van der Waals surface area contributed by atoms with Gasteiger partial charge in [-0.2, -0.15) is 18.2 Å². The van der Waals surface area contributed by atoms with Gasteiger partial charge in [-0.25, -0.2) is 4.98 Å². The van der Waals surface area contributed by atoms with Gasteiger partial charge in [-0.15, -0.1) is 29.7 Å². The first-order valence-electron chi connectivity index (χ1n) is 36.9. The van der Waals surface area contributed by atoms with E-state index in [-0.39, 0.29) is 48.6 Å². The summed E-state index contributed by atoms with van der Waals surface area (Å²) in [4.78, 5) is 4.84. The second kappa shape index (κ2) is 21.2. The fourth-order valence-corrected chi connectivity index (χ4v) is 16.0. The fraction of sp³-hybridized carbons (Fsp3) is 0.143. The molecule has 0 bridgehead atoms. The van der Waals surface area contributed by atoms with E-state index in [2.05, 4.69) is 95.8 Å². The number of para-hydroxylation sites is 4. The maximum atomic E-state index is 10.9. The third kappa shape index (κ3) is 9.28. The molecule has 14 rings (SSSR count). The van der Waals surface area contributed by atoms with Crippen LogP contribution in [0.3, 0.4) is 0 Å². The van der Waals surface area contributed by atoms with Gasteiger partial charge in [0.2, 0.25) is 0 Å². The van der Waals surface area contributed by atoms with Crippen LogP contribution >= 0.6 is 0 Å². The summed E-state index contributed by atoms with van der Waals surface area (Å²) in [5.74, 6) is 1.39. The van der Waals surface area contributed by atoms with Crippen LogP contribution in [0.4, 0.5) is 0 Å². The third-order valence-electron chi connectivity index (χ3n) is 16.0. The van der Waals surface area contributed by atoms with Crippen LogP contribution in [0.15, 0.2) is 248 Å². The minimum Gasteiger partial charge on any atom is -0.510 e. The van der Waals surface area contributed by atoms with Gasteiger partial charge in [0.05, 0.1) is 42.8 Å². The van der Waals surface area contributed by atoms with Gasteiger partial charge in [0, 0.05) is 44.3 Å². The number of rotatable bonds is 11. The predicted molar refractivity (Wildman–Crippen MR) is 344 cm³/mol. The summed E-state index contributed by atoms with van der Waals surface area (Å²) in [5.41, 5.74) is 6.59. The molecule has 1 aliphatic carbocycles. The van der Waals surface area contributed by atoms with E-state index in [0.717, 1.165) is 44.9 Å². The molecule has 84 heavy (non-hydrogen) atoms. The number of ether oxygens (including phenoxy) is 1. The first-order chi connectivity index (χ1) is 48.1. The van der Waals surface area contributed by atoms with Crippen LogP contribution < -0.4 is 30.1 Å². The van der Waals surface area contributed by atoms with E-state index in [1.807, 2.05) is 85.1 Å². The molecule has 414 valence electrons. The molecule has 5 nitrogen and oxygen atoms in total. The summed E-state index contributed by atoms with van der Waals surface area (Å²) in [5, 5.41) is -1.77. The predicted octanol–water partition coefficient (Wildman–Crippen LogP) is 15.6. The van der Waals surface area contributed by atoms with E-state index >= 15 is 0 Å². The topological polar surface area (TPSA) is 35.9 Å². The molecule has 0 aliphatic heterocycles. The van der Waals surface area contributed by atoms with Crippen LogP contribution in [0.2, 0.25) is 0 Å². The average molecular weight is 1300 g/mol. The zero-order chi connectivity index (χ0) is 73.2. The Bertz CT molecular complexity index is 5550. The van der Waals surface area contributed by atoms with Gasteiger partial charge in [0.15, 0.2) is 8.07 Å². The van der Waals surface area contributed by atoms with E-state index in [9.17, 15) is 21.9 Å². The van der Waals surface area contributed by atoms with Crippen LogP contribution in [0.25, 0.3) is 72.3 Å². The molecule has 13 aromatic rings. The fourth-order valence-electron chi connectivity index (χ4n) is 12.4. The zero-order valence-electron chi connectivity index (χ0n) is 65.9. The van der Waals surface area contributed by atoms with Gasteiger partial charge in [-0.3, -0.25) is 4.57 Å². The van der Waals surface area contributed by atoms with Crippen molar-refractivity contribution >= 4 is 61.7 Å². The molecule has 0 radical (unpaired) electrons. The Labute approximate surface area is 535 Å². The molecule has 0 atom stereocenters. The number of pyridine rings is 1. The van der Waals surface area contributed by atoms with Crippen LogP contribution in [-0.4, -0.2) is 22.2 Å². The first-order valence-corrected chi connectivity index (χ1v) is 29.4. The van der Waals surface area contributed by atoms with E-state index < -0.39 is 149 Å². The minimum atomic E-state index is -6.23. The van der Waals surface area contributed by atoms with Crippen LogP contribution in [0.5, 0.6) is 11.5 Å². The first kappa shape index (κ1) is 36.8. The molecule has 1 aliphatic rings. The number of imidazole rings is 1. The zero-order valence-corrected chi connectivity index (χ0v) is 50.2. The van der Waals surface area contributed by atoms with E-state index in [0.29, 0.717) is 45.2 Å². The summed E-state index contributed by atoms with van der Waals surface area (Å²) in [7, 11) is -6.23. The average Bonchev–Trinajstić information content (AvgIpc) is 1.51. The number of aromatic nitrogens is 4. The van der Waals surface area contributed by atoms with Crippen molar-refractivity contribution in [3.8, 4) is 50.9 Å². The molecular formula is C77H64N4OPtSi-2. The smallest absolute Gasteiger partial charge is 0.268 e. The van der Waals surface area contributed by atoms with Crippen molar-refractivity contribution in [2.75, 3.05) is 0 Å². The Morgan fingerprint density at radius 3 is 1.89 bits per heavy atom. The summed E-state index contributed by atoms with van der Waals surface area (Å²) in [6.07, 6.45) is 6.20. The van der Waals surface area contributed by atoms with E-state index in [1.165, 1.54) is 0 Å². The van der Waals surface area contributed by atoms with Gasteiger partial charge in [-0.1, -0.05) is 248 Å². The SMILES string of the molecule is [2H]c1c([2H])c([2H])c([Si](c2c([2H])c([2H])c([2H])c([2H])c2[2H])(c2c([2H])c([2H])c([2H])c([2H])c2[2H])c2c([2H])c([2H])c([2H])c(-c3cccc(-c4ccc5c(c4)C(C)(C)CC5(C)C)c3-[n+]3[c-]n(-c4[c-]c(Oc5[c-]c6c(cc5)c5ccccc5n6-c5cc(C(C)(C)C)ccn5)ccc4)c4ccccc43)c2[2H])c([2H])c1[2H].[Pt]. The van der Waals surface area contributed by atoms with Crippen molar-refractivity contribution < 1.29 is 56.4 Å². The Balaban J connectivity index is 0.00000945. The molecule has 0 saturated heterocycles. The third-order valence-corrected chi connectivity index (χ3v) is 20.0. The van der Waals surface area contributed by atoms with Crippen molar-refractivity contribution in [1.29, 1.82) is 0 Å². The standard InChI is InChI=1S/C77H64N4OSi.Pt/c1-75(2,3)55-44-45-78-73(48-55)81-69-37-18-17-34-65(69)66-42-41-58(50-72(66)81)82-57-26-22-25-56(49-57)79-52-80(71-39-20-19-38-70(71)79)74-63(35-23-36-64(74)54-40-43-67-68(47-54)77(6,7)51-76(67,4)5)53-24-21-33-62(46-53)83(59-27-11-8-12-28-59,60-29-13-9-14-30-60)61-31-15-10-16-32-61;/h8-48H,51H2,1-7H3;/q-2;/i8D,9D,10D,11D,12D,13D,14D,15D,16D,21D,24D,27D,28D,29D,30D,31D,32D,33D,46D;. The normalized spacial score (nSPS) is 16.9. The monoisotopic (exact) mass is 1300 g/mol. The second-order valence-corrected chi connectivity index (χ2v) is 26.8. The van der Waals surface area contributed by atoms with Crippen LogP contribution in [-0.2, 0) is 37.3 Å². The van der Waals surface area contributed by atoms with Crippen molar-refractivity contribution in [3.63, 3.8) is 0 Å². The molecular weight excluding hydrogens is 1220 g/mol. The molecule has 3 aromatic heterocycles. The molecule has 0 spiro atoms. The van der Waals surface area contributed by atoms with E-state index in [1.54, 1.807) is 33.4 Å². The molecule has 7 heteroatoms. The number of hydrogen-bond donors (Lipinski definition) is 0. The van der Waals surface area contributed by atoms with Gasteiger partial charge >= 0.3 is 0 Å². The molecule has 3 heterocycles. The summed E-state index contributed by atoms with van der Waals surface area (Å²) >= 11 is 0. The molecule has 0 fully saturated rings. The van der Waals surface area contributed by atoms with Gasteiger partial charge in [0.25, 0.3) is 6.33 Å². The van der Waals surface area contributed by atoms with Crippen molar-refractivity contribution in [2.45, 2.75) is 71.1 Å². The van der Waals surface area contributed by atoms with Crippen molar-refractivity contribution in [1.82, 2.24) is 14.1 Å². The molecule has 0 amide bonds. The second-order valence-electron chi connectivity index (χ2n) is 23.3. The minimum absolute atomic E-state index is 0. The Hall–Kier alpha value is -8.67. The quantitative estimate of drug-likeness (QED) is 0.0560. The van der Waals surface area contributed by atoms with Gasteiger partial charge in [-0.05, 0) is 112 Å². The number of nitrogens with zero attached hydrogens (tertiary/aromatic N) is 4. The van der Waals surface area contributed by atoms with Crippen molar-refractivity contribution in [3.05, 3.63) is 284 Å². The number of fused-ring (bicyclic) bond motifs is 5.